The van der Waals surface area contributed by atoms with E-state index in [1.807, 2.05) is 6.07 Å². The van der Waals surface area contributed by atoms with E-state index in [0.29, 0.717) is 11.6 Å². The molecule has 0 bridgehead atoms. The molecule has 2 aromatic carbocycles. The van der Waals surface area contributed by atoms with Gasteiger partial charge in [0.05, 0.1) is 5.56 Å². The number of halogens is 1. The van der Waals surface area contributed by atoms with Gasteiger partial charge < -0.3 is 10.0 Å². The van der Waals surface area contributed by atoms with Gasteiger partial charge in [-0.25, -0.2) is 4.79 Å². The van der Waals surface area contributed by atoms with E-state index in [-0.39, 0.29) is 5.56 Å². The van der Waals surface area contributed by atoms with E-state index in [0.717, 1.165) is 17.8 Å². The maximum atomic E-state index is 10.9. The zero-order valence-corrected chi connectivity index (χ0v) is 12.9. The van der Waals surface area contributed by atoms with Crippen LogP contribution in [0, 0.1) is 6.92 Å². The second kappa shape index (κ2) is 6.64. The van der Waals surface area contributed by atoms with Crippen molar-refractivity contribution in [2.45, 2.75) is 20.4 Å². The highest BCUT2D eigenvalue weighted by molar-refractivity contribution is 6.31. The second-order valence-corrected chi connectivity index (χ2v) is 5.37. The molecule has 0 aliphatic carbocycles. The van der Waals surface area contributed by atoms with Crippen molar-refractivity contribution in [3.8, 4) is 0 Å². The monoisotopic (exact) mass is 303 g/mol. The van der Waals surface area contributed by atoms with Crippen molar-refractivity contribution in [3.63, 3.8) is 0 Å². The lowest BCUT2D eigenvalue weighted by Crippen LogP contribution is -2.22. The topological polar surface area (TPSA) is 40.5 Å². The molecule has 4 heteroatoms. The Morgan fingerprint density at radius 3 is 2.57 bits per heavy atom. The first-order valence-corrected chi connectivity index (χ1v) is 7.22. The van der Waals surface area contributed by atoms with Gasteiger partial charge in [0, 0.05) is 23.8 Å². The van der Waals surface area contributed by atoms with Crippen molar-refractivity contribution < 1.29 is 9.90 Å². The van der Waals surface area contributed by atoms with Crippen LogP contribution in [0.5, 0.6) is 0 Å². The van der Waals surface area contributed by atoms with Crippen molar-refractivity contribution in [1.82, 2.24) is 0 Å². The molecule has 3 nitrogen and oxygen atoms in total. The van der Waals surface area contributed by atoms with E-state index in [1.165, 1.54) is 11.6 Å². The molecule has 0 unspecified atom stereocenters. The van der Waals surface area contributed by atoms with Gasteiger partial charge in [-0.05, 0) is 49.2 Å². The smallest absolute Gasteiger partial charge is 0.335 e. The van der Waals surface area contributed by atoms with Gasteiger partial charge in [-0.2, -0.15) is 0 Å². The molecule has 0 amide bonds. The summed E-state index contributed by atoms with van der Waals surface area (Å²) in [4.78, 5) is 13.1. The minimum absolute atomic E-state index is 0.211. The molecule has 0 aromatic heterocycles. The summed E-state index contributed by atoms with van der Waals surface area (Å²) in [6.45, 7) is 5.65. The van der Waals surface area contributed by atoms with Crippen molar-refractivity contribution in [2.24, 2.45) is 0 Å². The second-order valence-electron chi connectivity index (χ2n) is 4.96. The van der Waals surface area contributed by atoms with Gasteiger partial charge in [0.2, 0.25) is 0 Å². The number of aromatic carboxylic acids is 1. The van der Waals surface area contributed by atoms with E-state index in [1.54, 1.807) is 12.1 Å². The van der Waals surface area contributed by atoms with Crippen LogP contribution in [0.15, 0.2) is 42.5 Å². The first-order chi connectivity index (χ1) is 10.0. The SMILES string of the molecule is CCN(Cc1ccc(C(=O)O)cc1Cl)c1cccc(C)c1. The van der Waals surface area contributed by atoms with Gasteiger partial charge in [0.15, 0.2) is 0 Å². The lowest BCUT2D eigenvalue weighted by Gasteiger charge is -2.24. The van der Waals surface area contributed by atoms with Crippen LogP contribution in [-0.4, -0.2) is 17.6 Å². The van der Waals surface area contributed by atoms with Crippen LogP contribution in [0.2, 0.25) is 5.02 Å². The van der Waals surface area contributed by atoms with E-state index < -0.39 is 5.97 Å². The number of aryl methyl sites for hydroxylation is 1. The molecule has 0 spiro atoms. The number of benzene rings is 2. The first-order valence-electron chi connectivity index (χ1n) is 6.84. The fourth-order valence-electron chi connectivity index (χ4n) is 2.22. The van der Waals surface area contributed by atoms with E-state index >= 15 is 0 Å². The lowest BCUT2D eigenvalue weighted by molar-refractivity contribution is 0.0697. The number of anilines is 1. The zero-order valence-electron chi connectivity index (χ0n) is 12.1. The quantitative estimate of drug-likeness (QED) is 0.891. The Kier molecular flexibility index (Phi) is 4.86. The van der Waals surface area contributed by atoms with Crippen molar-refractivity contribution in [2.75, 3.05) is 11.4 Å². The minimum atomic E-state index is -0.963. The van der Waals surface area contributed by atoms with Gasteiger partial charge in [-0.3, -0.25) is 0 Å². The zero-order chi connectivity index (χ0) is 15.4. The fraction of sp³-hybridized carbons (Fsp3) is 0.235. The summed E-state index contributed by atoms with van der Waals surface area (Å²) in [5.41, 5.74) is 3.47. The van der Waals surface area contributed by atoms with E-state index in [9.17, 15) is 4.79 Å². The normalized spacial score (nSPS) is 10.4. The van der Waals surface area contributed by atoms with E-state index in [2.05, 4.69) is 36.9 Å². The molecule has 0 atom stereocenters. The first kappa shape index (κ1) is 15.4. The van der Waals surface area contributed by atoms with Crippen LogP contribution >= 0.6 is 11.6 Å². The average Bonchev–Trinajstić information content (AvgIpc) is 2.45. The lowest BCUT2D eigenvalue weighted by atomic mass is 10.1. The third kappa shape index (κ3) is 3.76. The molecule has 2 aromatic rings. The molecule has 0 aliphatic rings. The molecule has 0 saturated heterocycles. The molecule has 0 radical (unpaired) electrons. The predicted octanol–water partition coefficient (Wildman–Crippen LogP) is 4.37. The van der Waals surface area contributed by atoms with Gasteiger partial charge in [0.25, 0.3) is 0 Å². The largest absolute Gasteiger partial charge is 0.478 e. The summed E-state index contributed by atoms with van der Waals surface area (Å²) in [5, 5.41) is 9.45. The number of carboxylic acid groups (broad SMARTS) is 1. The van der Waals surface area contributed by atoms with Crippen LogP contribution in [0.3, 0.4) is 0 Å². The fourth-order valence-corrected chi connectivity index (χ4v) is 2.46. The van der Waals surface area contributed by atoms with Gasteiger partial charge in [-0.1, -0.05) is 29.8 Å². The maximum absolute atomic E-state index is 10.9. The van der Waals surface area contributed by atoms with Gasteiger partial charge in [-0.15, -0.1) is 0 Å². The van der Waals surface area contributed by atoms with Crippen molar-refractivity contribution in [3.05, 3.63) is 64.2 Å². The molecule has 110 valence electrons. The van der Waals surface area contributed by atoms with Crippen LogP contribution in [0.25, 0.3) is 0 Å². The van der Waals surface area contributed by atoms with Gasteiger partial charge in [0.1, 0.15) is 0 Å². The Labute approximate surface area is 129 Å². The Hall–Kier alpha value is -2.00. The molecular weight excluding hydrogens is 286 g/mol. The average molecular weight is 304 g/mol. The molecule has 2 rings (SSSR count). The Balaban J connectivity index is 2.25. The summed E-state index contributed by atoms with van der Waals surface area (Å²) < 4.78 is 0. The van der Waals surface area contributed by atoms with E-state index in [4.69, 9.17) is 16.7 Å². The summed E-state index contributed by atoms with van der Waals surface area (Å²) in [6.07, 6.45) is 0. The van der Waals surface area contributed by atoms with Crippen LogP contribution in [0.4, 0.5) is 5.69 Å². The Morgan fingerprint density at radius 2 is 2.00 bits per heavy atom. The Bertz CT molecular complexity index is 655. The summed E-state index contributed by atoms with van der Waals surface area (Å²) in [7, 11) is 0. The molecule has 0 saturated carbocycles. The number of hydrogen-bond acceptors (Lipinski definition) is 2. The van der Waals surface area contributed by atoms with Crippen LogP contribution in [0.1, 0.15) is 28.4 Å². The highest BCUT2D eigenvalue weighted by atomic mass is 35.5. The number of hydrogen-bond donors (Lipinski definition) is 1. The maximum Gasteiger partial charge on any atom is 0.335 e. The van der Waals surface area contributed by atoms with Crippen molar-refractivity contribution >= 4 is 23.3 Å². The van der Waals surface area contributed by atoms with Crippen LogP contribution < -0.4 is 4.90 Å². The standard InChI is InChI=1S/C17H18ClNO2/c1-3-19(15-6-4-5-12(2)9-15)11-14-8-7-13(17(20)21)10-16(14)18/h4-10H,3,11H2,1-2H3,(H,20,21). The highest BCUT2D eigenvalue weighted by Crippen LogP contribution is 2.23. The third-order valence-corrected chi connectivity index (χ3v) is 3.76. The number of rotatable bonds is 5. The molecule has 1 N–H and O–H groups in total. The molecule has 0 fully saturated rings. The predicted molar refractivity (Wildman–Crippen MR) is 86.3 cm³/mol. The molecule has 21 heavy (non-hydrogen) atoms. The van der Waals surface area contributed by atoms with Crippen molar-refractivity contribution in [1.29, 1.82) is 0 Å². The number of carbonyl (C=O) groups is 1. The minimum Gasteiger partial charge on any atom is -0.478 e. The summed E-state index contributed by atoms with van der Waals surface area (Å²) in [6, 6.07) is 13.2. The molecule has 0 aliphatic heterocycles. The number of nitrogens with zero attached hydrogens (tertiary/aromatic N) is 1. The van der Waals surface area contributed by atoms with Crippen LogP contribution in [-0.2, 0) is 6.54 Å². The molecular formula is C17H18ClNO2. The number of carboxylic acids is 1. The summed E-state index contributed by atoms with van der Waals surface area (Å²) in [5.74, 6) is -0.963. The molecule has 0 heterocycles. The third-order valence-electron chi connectivity index (χ3n) is 3.41. The highest BCUT2D eigenvalue weighted by Gasteiger charge is 2.11. The van der Waals surface area contributed by atoms with Gasteiger partial charge >= 0.3 is 5.97 Å². The summed E-state index contributed by atoms with van der Waals surface area (Å²) >= 11 is 6.20. The Morgan fingerprint density at radius 1 is 1.24 bits per heavy atom.